The maximum absolute atomic E-state index is 5.93. The Morgan fingerprint density at radius 1 is 1.53 bits per heavy atom. The second kappa shape index (κ2) is 7.74. The number of rotatable bonds is 6. The maximum atomic E-state index is 5.93. The molecule has 0 aliphatic rings. The number of ether oxygens (including phenoxy) is 1. The van der Waals surface area contributed by atoms with Gasteiger partial charge in [-0.15, -0.1) is 4.68 Å². The van der Waals surface area contributed by atoms with Gasteiger partial charge in [0.25, 0.3) is 0 Å². The average Bonchev–Trinajstić information content (AvgIpc) is 2.37. The van der Waals surface area contributed by atoms with Crippen LogP contribution >= 0.6 is 11.6 Å². The van der Waals surface area contributed by atoms with Crippen LogP contribution in [0.3, 0.4) is 0 Å². The lowest BCUT2D eigenvalue weighted by molar-refractivity contribution is -0.736. The molecular formula is C13H20ClN4O+. The number of halogens is 1. The van der Waals surface area contributed by atoms with Crippen molar-refractivity contribution in [3.63, 3.8) is 0 Å². The Hall–Kier alpha value is -1.62. The molecule has 104 valence electrons. The first kappa shape index (κ1) is 15.4. The van der Waals surface area contributed by atoms with E-state index >= 15 is 0 Å². The number of hydrogen-bond donors (Lipinski definition) is 0. The second-order valence-electron chi connectivity index (χ2n) is 4.07. The molecule has 1 aromatic rings. The fourth-order valence-corrected chi connectivity index (χ4v) is 1.54. The van der Waals surface area contributed by atoms with E-state index in [1.165, 1.54) is 0 Å². The highest BCUT2D eigenvalue weighted by atomic mass is 35.5. The van der Waals surface area contributed by atoms with E-state index < -0.39 is 0 Å². The number of aliphatic imine (C=N–C) groups is 1. The van der Waals surface area contributed by atoms with Crippen molar-refractivity contribution in [2.75, 3.05) is 20.7 Å². The highest BCUT2D eigenvalue weighted by Gasteiger charge is 2.13. The zero-order valence-electron chi connectivity index (χ0n) is 11.8. The summed E-state index contributed by atoms with van der Waals surface area (Å²) in [5.74, 6) is 1.56. The molecule has 0 unspecified atom stereocenters. The molecule has 0 radical (unpaired) electrons. The summed E-state index contributed by atoms with van der Waals surface area (Å²) >= 11 is 5.93. The highest BCUT2D eigenvalue weighted by Crippen LogP contribution is 2.09. The van der Waals surface area contributed by atoms with E-state index in [4.69, 9.17) is 16.3 Å². The molecule has 0 atom stereocenters. The van der Waals surface area contributed by atoms with E-state index in [1.807, 2.05) is 45.0 Å². The summed E-state index contributed by atoms with van der Waals surface area (Å²) in [6, 6.07) is 3.55. The van der Waals surface area contributed by atoms with Crippen LogP contribution in [0.1, 0.15) is 13.8 Å². The molecule has 19 heavy (non-hydrogen) atoms. The predicted octanol–water partition coefficient (Wildman–Crippen LogP) is 2.18. The van der Waals surface area contributed by atoms with Crippen molar-refractivity contribution in [1.29, 1.82) is 0 Å². The molecule has 0 N–H and O–H groups in total. The number of nitrogens with zero attached hydrogens (tertiary/aromatic N) is 4. The Kier molecular flexibility index (Phi) is 6.29. The van der Waals surface area contributed by atoms with Crippen LogP contribution < -0.4 is 4.68 Å². The summed E-state index contributed by atoms with van der Waals surface area (Å²) in [5.41, 5.74) is 0. The molecule has 0 amide bonds. The number of aromatic nitrogens is 2. The van der Waals surface area contributed by atoms with Crippen molar-refractivity contribution in [1.82, 2.24) is 10.00 Å². The zero-order valence-corrected chi connectivity index (χ0v) is 12.6. The molecule has 0 bridgehead atoms. The van der Waals surface area contributed by atoms with Gasteiger partial charge < -0.3 is 9.64 Å². The fraction of sp³-hybridized carbons (Fsp3) is 0.462. The highest BCUT2D eigenvalue weighted by molar-refractivity contribution is 6.29. The van der Waals surface area contributed by atoms with Gasteiger partial charge in [0, 0.05) is 20.2 Å². The summed E-state index contributed by atoms with van der Waals surface area (Å²) in [4.78, 5) is 6.21. The normalized spacial score (nSPS) is 11.9. The van der Waals surface area contributed by atoms with Gasteiger partial charge in [-0.05, 0) is 31.0 Å². The third-order valence-corrected chi connectivity index (χ3v) is 2.43. The van der Waals surface area contributed by atoms with E-state index in [-0.39, 0.29) is 0 Å². The Morgan fingerprint density at radius 2 is 2.26 bits per heavy atom. The Balaban J connectivity index is 3.00. The molecule has 6 heteroatoms. The SMILES string of the molecule is CC=C(C[n+]1nc(Cl)ccc1N=CN(C)C)OCC. The third kappa shape index (κ3) is 5.26. The van der Waals surface area contributed by atoms with Gasteiger partial charge >= 0.3 is 5.82 Å². The van der Waals surface area contributed by atoms with Gasteiger partial charge in [0.05, 0.1) is 6.61 Å². The van der Waals surface area contributed by atoms with E-state index in [2.05, 4.69) is 10.1 Å². The van der Waals surface area contributed by atoms with Gasteiger partial charge in [0.2, 0.25) is 6.34 Å². The van der Waals surface area contributed by atoms with Crippen LogP contribution in [0.2, 0.25) is 5.15 Å². The lowest BCUT2D eigenvalue weighted by Gasteiger charge is -2.07. The molecule has 0 aliphatic carbocycles. The smallest absolute Gasteiger partial charge is 0.345 e. The summed E-state index contributed by atoms with van der Waals surface area (Å²) in [5, 5.41) is 4.68. The average molecular weight is 284 g/mol. The van der Waals surface area contributed by atoms with Crippen LogP contribution in [0, 0.1) is 0 Å². The second-order valence-corrected chi connectivity index (χ2v) is 4.46. The molecule has 0 saturated carbocycles. The number of allylic oxidation sites excluding steroid dienone is 2. The van der Waals surface area contributed by atoms with Crippen molar-refractivity contribution in [2.45, 2.75) is 20.4 Å². The minimum Gasteiger partial charge on any atom is -0.494 e. The Labute approximate surface area is 119 Å². The quantitative estimate of drug-likeness (QED) is 0.348. The molecule has 5 nitrogen and oxygen atoms in total. The Morgan fingerprint density at radius 3 is 2.84 bits per heavy atom. The molecule has 0 aromatic carbocycles. The van der Waals surface area contributed by atoms with Crippen molar-refractivity contribution in [3.8, 4) is 0 Å². The first-order valence-corrected chi connectivity index (χ1v) is 6.49. The van der Waals surface area contributed by atoms with E-state index in [0.717, 1.165) is 11.6 Å². The van der Waals surface area contributed by atoms with Crippen LogP contribution in [0.15, 0.2) is 29.0 Å². The van der Waals surface area contributed by atoms with Crippen molar-refractivity contribution in [3.05, 3.63) is 29.1 Å². The predicted molar refractivity (Wildman–Crippen MR) is 76.7 cm³/mol. The molecular weight excluding hydrogens is 264 g/mol. The van der Waals surface area contributed by atoms with Crippen molar-refractivity contribution >= 4 is 23.8 Å². The summed E-state index contributed by atoms with van der Waals surface area (Å²) in [6.07, 6.45) is 3.63. The van der Waals surface area contributed by atoms with Crippen LogP contribution in [0.4, 0.5) is 5.82 Å². The lowest BCUT2D eigenvalue weighted by Crippen LogP contribution is -2.39. The molecule has 1 aromatic heterocycles. The van der Waals surface area contributed by atoms with Gasteiger partial charge in [0.15, 0.2) is 11.7 Å². The molecule has 1 rings (SSSR count). The lowest BCUT2D eigenvalue weighted by atomic mass is 10.4. The van der Waals surface area contributed by atoms with Gasteiger partial charge in [-0.25, -0.2) is 0 Å². The van der Waals surface area contributed by atoms with Crippen LogP contribution in [-0.4, -0.2) is 37.0 Å². The Bertz CT molecular complexity index is 472. The van der Waals surface area contributed by atoms with E-state index in [9.17, 15) is 0 Å². The fourth-order valence-electron chi connectivity index (χ4n) is 1.38. The summed E-state index contributed by atoms with van der Waals surface area (Å²) in [6.45, 7) is 5.01. The number of hydrogen-bond acceptors (Lipinski definition) is 3. The van der Waals surface area contributed by atoms with Gasteiger partial charge in [-0.3, -0.25) is 0 Å². The van der Waals surface area contributed by atoms with Gasteiger partial charge in [-0.2, -0.15) is 0 Å². The topological polar surface area (TPSA) is 41.6 Å². The summed E-state index contributed by atoms with van der Waals surface area (Å²) < 4.78 is 7.23. The monoisotopic (exact) mass is 283 g/mol. The molecule has 0 fully saturated rings. The molecule has 0 spiro atoms. The van der Waals surface area contributed by atoms with Crippen LogP contribution in [0.5, 0.6) is 0 Å². The van der Waals surface area contributed by atoms with E-state index in [0.29, 0.717) is 18.3 Å². The van der Waals surface area contributed by atoms with Crippen LogP contribution in [-0.2, 0) is 11.3 Å². The van der Waals surface area contributed by atoms with Crippen molar-refractivity contribution < 1.29 is 9.42 Å². The maximum Gasteiger partial charge on any atom is 0.345 e. The van der Waals surface area contributed by atoms with Crippen molar-refractivity contribution in [2.24, 2.45) is 4.99 Å². The minimum atomic E-state index is 0.427. The first-order valence-electron chi connectivity index (χ1n) is 6.12. The largest absolute Gasteiger partial charge is 0.494 e. The molecule has 0 aliphatic heterocycles. The molecule has 1 heterocycles. The first-order chi connectivity index (χ1) is 9.06. The third-order valence-electron chi connectivity index (χ3n) is 2.23. The van der Waals surface area contributed by atoms with Crippen LogP contribution in [0.25, 0.3) is 0 Å². The van der Waals surface area contributed by atoms with Gasteiger partial charge in [-0.1, -0.05) is 16.7 Å². The minimum absolute atomic E-state index is 0.427. The molecule has 0 saturated heterocycles. The zero-order chi connectivity index (χ0) is 14.3. The van der Waals surface area contributed by atoms with E-state index in [1.54, 1.807) is 17.1 Å². The summed E-state index contributed by atoms with van der Waals surface area (Å²) in [7, 11) is 3.82. The van der Waals surface area contributed by atoms with Gasteiger partial charge in [0.1, 0.15) is 5.76 Å². The standard InChI is InChI=1S/C13H20ClN4O/c1-5-11(19-6-2)9-18-13(15-10-17(3)4)8-7-12(14)16-18/h5,7-8,10H,6,9H2,1-4H3/q+1.